The van der Waals surface area contributed by atoms with Crippen LogP contribution in [0, 0.1) is 0 Å². The summed E-state index contributed by atoms with van der Waals surface area (Å²) in [7, 11) is 1.62. The first-order valence-corrected chi connectivity index (χ1v) is 13.0. The fourth-order valence-electron chi connectivity index (χ4n) is 4.89. The number of aliphatic hydroxyl groups is 1. The minimum Gasteiger partial charge on any atom is -0.395 e. The summed E-state index contributed by atoms with van der Waals surface area (Å²) in [5.74, 6) is 0.0654. The minimum atomic E-state index is -0.111. The Morgan fingerprint density at radius 1 is 1.14 bits per heavy atom. The molecule has 1 amide bonds. The van der Waals surface area contributed by atoms with Crippen LogP contribution in [-0.4, -0.2) is 63.9 Å². The number of nitrogens with zero attached hydrogens (tertiary/aromatic N) is 3. The number of nitrogens with one attached hydrogen (secondary N) is 1. The maximum Gasteiger partial charge on any atom is 0.251 e. The van der Waals surface area contributed by atoms with Gasteiger partial charge in [-0.1, -0.05) is 23.5 Å². The van der Waals surface area contributed by atoms with Gasteiger partial charge in [0.05, 0.1) is 22.5 Å². The van der Waals surface area contributed by atoms with E-state index in [-0.39, 0.29) is 18.3 Å². The van der Waals surface area contributed by atoms with E-state index in [2.05, 4.69) is 14.6 Å². The first-order chi connectivity index (χ1) is 17.1. The number of aliphatic hydroxyl groups excluding tert-OH is 1. The molecular formula is C27H30N4O3S. The smallest absolute Gasteiger partial charge is 0.251 e. The van der Waals surface area contributed by atoms with Crippen LogP contribution in [0.4, 0.5) is 0 Å². The molecule has 5 rings (SSSR count). The zero-order valence-electron chi connectivity index (χ0n) is 19.9. The fraction of sp³-hybridized carbons (Fsp3) is 0.370. The van der Waals surface area contributed by atoms with Crippen LogP contribution in [0.25, 0.3) is 26.4 Å². The molecule has 0 bridgehead atoms. The monoisotopic (exact) mass is 490 g/mol. The summed E-state index contributed by atoms with van der Waals surface area (Å²) in [6.45, 7) is 2.24. The molecule has 1 aliphatic rings. The number of thiazole rings is 1. The lowest BCUT2D eigenvalue weighted by Gasteiger charge is -2.22. The van der Waals surface area contributed by atoms with Crippen LogP contribution in [0.2, 0.25) is 0 Å². The predicted octanol–water partition coefficient (Wildman–Crippen LogP) is 4.39. The van der Waals surface area contributed by atoms with Crippen LogP contribution in [0.15, 0.2) is 48.7 Å². The third kappa shape index (κ3) is 4.87. The first-order valence-electron chi connectivity index (χ1n) is 12.2. The highest BCUT2D eigenvalue weighted by Crippen LogP contribution is 2.30. The Morgan fingerprint density at radius 3 is 2.71 bits per heavy atom. The molecule has 1 saturated heterocycles. The summed E-state index contributed by atoms with van der Waals surface area (Å²) in [4.78, 5) is 32.6. The summed E-state index contributed by atoms with van der Waals surface area (Å²) in [5, 5.41) is 12.1. The van der Waals surface area contributed by atoms with Crippen molar-refractivity contribution in [3.63, 3.8) is 0 Å². The van der Waals surface area contributed by atoms with Crippen molar-refractivity contribution >= 4 is 38.2 Å². The van der Waals surface area contributed by atoms with Crippen molar-refractivity contribution in [3.8, 4) is 11.3 Å². The number of benzene rings is 2. The Balaban J connectivity index is 1.25. The predicted molar refractivity (Wildman–Crippen MR) is 139 cm³/mol. The number of ketones is 1. The molecule has 8 heteroatoms. The maximum atomic E-state index is 12.8. The molecule has 7 nitrogen and oxygen atoms in total. The van der Waals surface area contributed by atoms with Crippen LogP contribution in [-0.2, 0) is 0 Å². The van der Waals surface area contributed by atoms with Crippen LogP contribution in [0.1, 0.15) is 52.8 Å². The molecule has 1 unspecified atom stereocenters. The van der Waals surface area contributed by atoms with E-state index in [1.807, 2.05) is 36.5 Å². The molecule has 182 valence electrons. The quantitative estimate of drug-likeness (QED) is 0.269. The molecule has 0 aliphatic carbocycles. The normalized spacial score (nSPS) is 16.3. The van der Waals surface area contributed by atoms with Gasteiger partial charge in [-0.15, -0.1) is 0 Å². The number of aromatic nitrogens is 2. The van der Waals surface area contributed by atoms with Gasteiger partial charge in [0.15, 0.2) is 10.7 Å². The van der Waals surface area contributed by atoms with Crippen LogP contribution in [0.3, 0.4) is 0 Å². The Labute approximate surface area is 208 Å². The van der Waals surface area contributed by atoms with Gasteiger partial charge in [-0.05, 0) is 69.1 Å². The van der Waals surface area contributed by atoms with Gasteiger partial charge in [-0.3, -0.25) is 18.9 Å². The molecule has 2 aromatic heterocycles. The molecule has 1 atom stereocenters. The zero-order chi connectivity index (χ0) is 24.4. The minimum absolute atomic E-state index is 0.111. The van der Waals surface area contributed by atoms with Gasteiger partial charge in [0, 0.05) is 42.4 Å². The number of carbonyl (C=O) groups is 2. The second kappa shape index (κ2) is 10.3. The second-order valence-corrected chi connectivity index (χ2v) is 10.1. The molecular weight excluding hydrogens is 460 g/mol. The van der Waals surface area contributed by atoms with Crippen molar-refractivity contribution in [2.24, 2.45) is 0 Å². The third-order valence-electron chi connectivity index (χ3n) is 6.90. The second-order valence-electron chi connectivity index (χ2n) is 9.11. The molecule has 1 aliphatic heterocycles. The molecule has 2 N–H and O–H groups in total. The largest absolute Gasteiger partial charge is 0.395 e. The lowest BCUT2D eigenvalue weighted by molar-refractivity contribution is 0.0959. The number of hydrogen-bond donors (Lipinski definition) is 2. The van der Waals surface area contributed by atoms with Gasteiger partial charge in [-0.2, -0.15) is 0 Å². The Morgan fingerprint density at radius 2 is 1.94 bits per heavy atom. The van der Waals surface area contributed by atoms with E-state index in [1.165, 1.54) is 0 Å². The van der Waals surface area contributed by atoms with Crippen molar-refractivity contribution in [1.29, 1.82) is 0 Å². The van der Waals surface area contributed by atoms with Gasteiger partial charge in [0.1, 0.15) is 0 Å². The first kappa shape index (κ1) is 23.7. The van der Waals surface area contributed by atoms with Crippen LogP contribution >= 0.6 is 11.3 Å². The van der Waals surface area contributed by atoms with Crippen molar-refractivity contribution in [2.45, 2.75) is 38.1 Å². The Kier molecular flexibility index (Phi) is 6.95. The highest BCUT2D eigenvalue weighted by atomic mass is 32.1. The molecule has 0 radical (unpaired) electrons. The number of imidazole rings is 1. The zero-order valence-corrected chi connectivity index (χ0v) is 20.7. The lowest BCUT2D eigenvalue weighted by Crippen LogP contribution is -2.32. The average Bonchev–Trinajstić information content (AvgIpc) is 3.60. The maximum absolute atomic E-state index is 12.8. The van der Waals surface area contributed by atoms with Gasteiger partial charge < -0.3 is 10.4 Å². The summed E-state index contributed by atoms with van der Waals surface area (Å²) < 4.78 is 3.10. The number of carbonyl (C=O) groups excluding carboxylic acids is 2. The average molecular weight is 491 g/mol. The van der Waals surface area contributed by atoms with Gasteiger partial charge in [-0.25, -0.2) is 4.98 Å². The van der Waals surface area contributed by atoms with Crippen molar-refractivity contribution < 1.29 is 14.7 Å². The van der Waals surface area contributed by atoms with E-state index in [0.717, 1.165) is 70.8 Å². The highest BCUT2D eigenvalue weighted by molar-refractivity contribution is 7.23. The van der Waals surface area contributed by atoms with Gasteiger partial charge in [0.2, 0.25) is 0 Å². The number of rotatable bonds is 9. The summed E-state index contributed by atoms with van der Waals surface area (Å²) >= 11 is 1.57. The number of fused-ring (bicyclic) bond motifs is 3. The van der Waals surface area contributed by atoms with Crippen molar-refractivity contribution in [1.82, 2.24) is 19.6 Å². The van der Waals surface area contributed by atoms with E-state index in [1.54, 1.807) is 30.5 Å². The van der Waals surface area contributed by atoms with Crippen molar-refractivity contribution in [3.05, 3.63) is 59.8 Å². The van der Waals surface area contributed by atoms with Crippen molar-refractivity contribution in [2.75, 3.05) is 26.7 Å². The molecule has 3 heterocycles. The molecule has 2 aromatic carbocycles. The Hall–Kier alpha value is -3.07. The molecule has 0 saturated carbocycles. The fourth-order valence-corrected chi connectivity index (χ4v) is 5.94. The summed E-state index contributed by atoms with van der Waals surface area (Å²) in [6, 6.07) is 13.6. The SMILES string of the molecule is CNC(=O)c1ccc(-c2cn3c(n2)sc2cc(C(=O)CCCCN4CCCC4CO)ccc23)cc1. The standard InChI is InChI=1S/C27H30N4O3S/c1-28-26(34)19-9-7-18(8-10-19)22-16-31-23-12-11-20(15-25(23)35-27(31)29-22)24(33)6-2-3-13-30-14-4-5-21(30)17-32/h7-12,15-16,21,32H,2-6,13-14,17H2,1H3,(H,28,34). The van der Waals surface area contributed by atoms with E-state index in [0.29, 0.717) is 18.0 Å². The summed E-state index contributed by atoms with van der Waals surface area (Å²) in [6.07, 6.45) is 6.61. The number of amides is 1. The topological polar surface area (TPSA) is 86.9 Å². The Bertz CT molecular complexity index is 1360. The molecule has 4 aromatic rings. The molecule has 0 spiro atoms. The van der Waals surface area contributed by atoms with Gasteiger partial charge in [0.25, 0.3) is 5.91 Å². The lowest BCUT2D eigenvalue weighted by atomic mass is 10.1. The van der Waals surface area contributed by atoms with Crippen LogP contribution in [0.5, 0.6) is 0 Å². The van der Waals surface area contributed by atoms with E-state index < -0.39 is 0 Å². The van der Waals surface area contributed by atoms with E-state index in [9.17, 15) is 14.7 Å². The number of Topliss-reactive ketones (excluding diaryl/α,β-unsaturated/α-hetero) is 1. The van der Waals surface area contributed by atoms with Crippen LogP contribution < -0.4 is 5.32 Å². The highest BCUT2D eigenvalue weighted by Gasteiger charge is 2.23. The van der Waals surface area contributed by atoms with Gasteiger partial charge >= 0.3 is 0 Å². The molecule has 35 heavy (non-hydrogen) atoms. The number of likely N-dealkylation sites (tertiary alicyclic amines) is 1. The summed E-state index contributed by atoms with van der Waals surface area (Å²) in [5.41, 5.74) is 4.20. The van der Waals surface area contributed by atoms with E-state index in [4.69, 9.17) is 4.98 Å². The molecule has 1 fully saturated rings. The number of hydrogen-bond acceptors (Lipinski definition) is 6. The number of unbranched alkanes of at least 4 members (excludes halogenated alkanes) is 1. The third-order valence-corrected chi connectivity index (χ3v) is 7.91. The van der Waals surface area contributed by atoms with E-state index >= 15 is 0 Å².